The molecule has 0 bridgehead atoms. The number of rotatable bonds is 6. The van der Waals surface area contributed by atoms with Crippen LogP contribution < -0.4 is 10.6 Å². The Morgan fingerprint density at radius 2 is 1.76 bits per heavy atom. The number of nitrogens with one attached hydrogen (secondary N) is 2. The van der Waals surface area contributed by atoms with Crippen molar-refractivity contribution in [2.24, 2.45) is 0 Å². The van der Waals surface area contributed by atoms with E-state index in [9.17, 15) is 4.79 Å². The van der Waals surface area contributed by atoms with E-state index in [1.54, 1.807) is 18.2 Å². The van der Waals surface area contributed by atoms with E-state index in [1.165, 1.54) is 0 Å². The van der Waals surface area contributed by atoms with Crippen LogP contribution in [0.5, 0.6) is 0 Å². The van der Waals surface area contributed by atoms with Gasteiger partial charge in [-0.25, -0.2) is 0 Å². The van der Waals surface area contributed by atoms with Crippen molar-refractivity contribution < 1.29 is 4.79 Å². The van der Waals surface area contributed by atoms with Crippen LogP contribution >= 0.6 is 23.2 Å². The average molecular weight is 323 g/mol. The molecule has 5 heteroatoms. The highest BCUT2D eigenvalue weighted by Crippen LogP contribution is 2.20. The molecule has 21 heavy (non-hydrogen) atoms. The van der Waals surface area contributed by atoms with Gasteiger partial charge in [-0.2, -0.15) is 0 Å². The summed E-state index contributed by atoms with van der Waals surface area (Å²) in [6.07, 6.45) is 0. The number of hydrogen-bond acceptors (Lipinski definition) is 2. The molecule has 0 saturated carbocycles. The van der Waals surface area contributed by atoms with Crippen molar-refractivity contribution in [1.29, 1.82) is 0 Å². The lowest BCUT2D eigenvalue weighted by Crippen LogP contribution is -2.33. The monoisotopic (exact) mass is 322 g/mol. The first-order valence-electron chi connectivity index (χ1n) is 6.60. The zero-order valence-corrected chi connectivity index (χ0v) is 12.9. The molecule has 0 spiro atoms. The zero-order valence-electron chi connectivity index (χ0n) is 11.4. The predicted molar refractivity (Wildman–Crippen MR) is 86.5 cm³/mol. The average Bonchev–Trinajstić information content (AvgIpc) is 2.50. The molecule has 0 atom stereocenters. The highest BCUT2D eigenvalue weighted by atomic mass is 35.5. The lowest BCUT2D eigenvalue weighted by Gasteiger charge is -2.08. The number of carbonyl (C=O) groups excluding carboxylic acids is 1. The van der Waals surface area contributed by atoms with Gasteiger partial charge in [0.05, 0.1) is 6.54 Å². The second-order valence-corrected chi connectivity index (χ2v) is 5.45. The van der Waals surface area contributed by atoms with E-state index >= 15 is 0 Å². The van der Waals surface area contributed by atoms with E-state index in [0.717, 1.165) is 11.1 Å². The van der Waals surface area contributed by atoms with Crippen molar-refractivity contribution in [2.45, 2.75) is 13.1 Å². The summed E-state index contributed by atoms with van der Waals surface area (Å²) in [5.74, 6) is -0.0583. The molecule has 0 unspecified atom stereocenters. The molecule has 0 aliphatic rings. The summed E-state index contributed by atoms with van der Waals surface area (Å²) >= 11 is 12.0. The molecule has 2 aromatic rings. The molecule has 0 radical (unpaired) electrons. The van der Waals surface area contributed by atoms with Crippen molar-refractivity contribution >= 4 is 29.1 Å². The van der Waals surface area contributed by atoms with E-state index in [0.29, 0.717) is 23.1 Å². The van der Waals surface area contributed by atoms with E-state index in [4.69, 9.17) is 23.2 Å². The molecular weight excluding hydrogens is 307 g/mol. The molecule has 2 aromatic carbocycles. The van der Waals surface area contributed by atoms with Gasteiger partial charge in [0.1, 0.15) is 0 Å². The zero-order chi connectivity index (χ0) is 15.1. The Hall–Kier alpha value is -1.55. The molecule has 0 aliphatic heterocycles. The van der Waals surface area contributed by atoms with Gasteiger partial charge in [0.25, 0.3) is 0 Å². The Kier molecular flexibility index (Phi) is 6.05. The molecule has 110 valence electrons. The minimum atomic E-state index is -0.0583. The summed E-state index contributed by atoms with van der Waals surface area (Å²) in [7, 11) is 0. The van der Waals surface area contributed by atoms with Crippen LogP contribution in [0.15, 0.2) is 48.5 Å². The van der Waals surface area contributed by atoms with E-state index in [1.807, 2.05) is 30.3 Å². The third kappa shape index (κ3) is 5.38. The van der Waals surface area contributed by atoms with Crippen LogP contribution in [0.4, 0.5) is 0 Å². The van der Waals surface area contributed by atoms with E-state index < -0.39 is 0 Å². The maximum atomic E-state index is 11.7. The molecular formula is C16H16Cl2N2O. The molecule has 2 rings (SSSR count). The van der Waals surface area contributed by atoms with Crippen molar-refractivity contribution in [3.63, 3.8) is 0 Å². The van der Waals surface area contributed by atoms with Crippen molar-refractivity contribution in [3.8, 4) is 0 Å². The third-order valence-electron chi connectivity index (χ3n) is 2.94. The van der Waals surface area contributed by atoms with Gasteiger partial charge in [0.2, 0.25) is 5.91 Å². The fourth-order valence-corrected chi connectivity index (χ4v) is 2.23. The lowest BCUT2D eigenvalue weighted by molar-refractivity contribution is -0.120. The topological polar surface area (TPSA) is 41.1 Å². The lowest BCUT2D eigenvalue weighted by atomic mass is 10.2. The molecule has 2 N–H and O–H groups in total. The Balaban J connectivity index is 1.73. The first kappa shape index (κ1) is 15.8. The van der Waals surface area contributed by atoms with Crippen LogP contribution in [0.1, 0.15) is 11.1 Å². The van der Waals surface area contributed by atoms with Gasteiger partial charge in [-0.05, 0) is 29.3 Å². The Morgan fingerprint density at radius 3 is 2.52 bits per heavy atom. The number of carbonyl (C=O) groups is 1. The van der Waals surface area contributed by atoms with Crippen LogP contribution in [0.25, 0.3) is 0 Å². The quantitative estimate of drug-likeness (QED) is 0.855. The summed E-state index contributed by atoms with van der Waals surface area (Å²) in [5, 5.41) is 7.17. The van der Waals surface area contributed by atoms with Crippen molar-refractivity contribution in [1.82, 2.24) is 10.6 Å². The van der Waals surface area contributed by atoms with Crippen molar-refractivity contribution in [2.75, 3.05) is 6.54 Å². The first-order chi connectivity index (χ1) is 10.1. The van der Waals surface area contributed by atoms with Gasteiger partial charge in [0, 0.05) is 23.1 Å². The highest BCUT2D eigenvalue weighted by Gasteiger charge is 2.04. The summed E-state index contributed by atoms with van der Waals surface area (Å²) in [6, 6.07) is 15.1. The smallest absolute Gasteiger partial charge is 0.234 e. The van der Waals surface area contributed by atoms with E-state index in [2.05, 4.69) is 10.6 Å². The van der Waals surface area contributed by atoms with Gasteiger partial charge in [-0.1, -0.05) is 53.5 Å². The first-order valence-corrected chi connectivity index (χ1v) is 7.36. The van der Waals surface area contributed by atoms with Crippen LogP contribution in [-0.2, 0) is 17.9 Å². The fraction of sp³-hybridized carbons (Fsp3) is 0.188. The SMILES string of the molecule is O=C(CNCc1cc(Cl)ccc1Cl)NCc1ccccc1. The molecule has 0 aliphatic carbocycles. The predicted octanol–water partition coefficient (Wildman–Crippen LogP) is 3.40. The molecule has 0 aromatic heterocycles. The summed E-state index contributed by atoms with van der Waals surface area (Å²) in [5.41, 5.74) is 1.95. The minimum absolute atomic E-state index is 0.0583. The molecule has 3 nitrogen and oxygen atoms in total. The van der Waals surface area contributed by atoms with Gasteiger partial charge >= 0.3 is 0 Å². The maximum Gasteiger partial charge on any atom is 0.234 e. The minimum Gasteiger partial charge on any atom is -0.351 e. The molecule has 1 amide bonds. The Morgan fingerprint density at radius 1 is 1.00 bits per heavy atom. The van der Waals surface area contributed by atoms with E-state index in [-0.39, 0.29) is 12.5 Å². The number of halogens is 2. The van der Waals surface area contributed by atoms with Gasteiger partial charge < -0.3 is 10.6 Å². The van der Waals surface area contributed by atoms with Gasteiger partial charge in [-0.3, -0.25) is 4.79 Å². The molecule has 0 fully saturated rings. The summed E-state index contributed by atoms with van der Waals surface area (Å²) < 4.78 is 0. The Labute approximate surface area is 134 Å². The number of amides is 1. The standard InChI is InChI=1S/C16H16Cl2N2O/c17-14-6-7-15(18)13(8-14)10-19-11-16(21)20-9-12-4-2-1-3-5-12/h1-8,19H,9-11H2,(H,20,21). The second kappa shape index (κ2) is 8.03. The summed E-state index contributed by atoms with van der Waals surface area (Å²) in [6.45, 7) is 1.26. The maximum absolute atomic E-state index is 11.7. The third-order valence-corrected chi connectivity index (χ3v) is 3.55. The van der Waals surface area contributed by atoms with Crippen LogP contribution in [0.3, 0.4) is 0 Å². The molecule has 0 saturated heterocycles. The highest BCUT2D eigenvalue weighted by molar-refractivity contribution is 6.33. The summed E-state index contributed by atoms with van der Waals surface area (Å²) in [4.78, 5) is 11.7. The molecule has 0 heterocycles. The normalized spacial score (nSPS) is 10.4. The van der Waals surface area contributed by atoms with Crippen LogP contribution in [0, 0.1) is 0 Å². The van der Waals surface area contributed by atoms with Crippen molar-refractivity contribution in [3.05, 3.63) is 69.7 Å². The van der Waals surface area contributed by atoms with Crippen LogP contribution in [0.2, 0.25) is 10.0 Å². The Bertz CT molecular complexity index is 602. The van der Waals surface area contributed by atoms with Gasteiger partial charge in [0.15, 0.2) is 0 Å². The fourth-order valence-electron chi connectivity index (χ4n) is 1.85. The number of hydrogen-bond donors (Lipinski definition) is 2. The van der Waals surface area contributed by atoms with Gasteiger partial charge in [-0.15, -0.1) is 0 Å². The second-order valence-electron chi connectivity index (χ2n) is 4.60. The van der Waals surface area contributed by atoms with Crippen LogP contribution in [-0.4, -0.2) is 12.5 Å². The largest absolute Gasteiger partial charge is 0.351 e. The number of benzene rings is 2.